The van der Waals surface area contributed by atoms with E-state index in [1.165, 1.54) is 12.1 Å². The lowest BCUT2D eigenvalue weighted by Crippen LogP contribution is -2.22. The molecule has 0 radical (unpaired) electrons. The number of aliphatic hydroxyl groups is 1. The smallest absolute Gasteiger partial charge is 0.334 e. The number of aromatic hydroxyl groups is 1. The van der Waals surface area contributed by atoms with Gasteiger partial charge in [0, 0.05) is 17.8 Å². The molecule has 1 aliphatic carbocycles. The second-order valence-corrected chi connectivity index (χ2v) is 7.61. The first-order valence-electron chi connectivity index (χ1n) is 9.97. The van der Waals surface area contributed by atoms with Crippen LogP contribution < -0.4 is 0 Å². The monoisotopic (exact) mass is 402 g/mol. The molecule has 0 amide bonds. The molecule has 6 heteroatoms. The molecule has 0 spiro atoms. The minimum absolute atomic E-state index is 0.105. The molecular formula is C23H30O6. The Morgan fingerprint density at radius 1 is 0.931 bits per heavy atom. The number of aliphatic hydroxyl groups excluding tert-OH is 1. The van der Waals surface area contributed by atoms with Gasteiger partial charge in [0.15, 0.2) is 0 Å². The molecule has 0 aliphatic heterocycles. The molecular weight excluding hydrogens is 372 g/mol. The number of hydrogen-bond donors (Lipinski definition) is 2. The maximum Gasteiger partial charge on any atom is 0.334 e. The molecule has 1 aliphatic rings. The number of allylic oxidation sites excluding steroid dienone is 2. The Morgan fingerprint density at radius 3 is 2.00 bits per heavy atom. The summed E-state index contributed by atoms with van der Waals surface area (Å²) >= 11 is 0. The Bertz CT molecular complexity index is 739. The Hall–Kier alpha value is -2.60. The first-order valence-corrected chi connectivity index (χ1v) is 9.97. The SMILES string of the molecule is CC(=CC=C(C)C(=O)OCC1CCC(CO)CC1)C(=O)OCc1ccc(O)cc1. The largest absolute Gasteiger partial charge is 0.508 e. The van der Waals surface area contributed by atoms with Gasteiger partial charge >= 0.3 is 11.9 Å². The van der Waals surface area contributed by atoms with Crippen LogP contribution in [0, 0.1) is 11.8 Å². The third-order valence-corrected chi connectivity index (χ3v) is 5.21. The summed E-state index contributed by atoms with van der Waals surface area (Å²) in [6.45, 7) is 3.99. The Morgan fingerprint density at radius 2 is 1.45 bits per heavy atom. The highest BCUT2D eigenvalue weighted by atomic mass is 16.5. The van der Waals surface area contributed by atoms with E-state index in [0.29, 0.717) is 29.6 Å². The summed E-state index contributed by atoms with van der Waals surface area (Å²) in [6, 6.07) is 6.42. The summed E-state index contributed by atoms with van der Waals surface area (Å²) in [5, 5.41) is 18.4. The summed E-state index contributed by atoms with van der Waals surface area (Å²) < 4.78 is 10.6. The van der Waals surface area contributed by atoms with Crippen LogP contribution in [0.15, 0.2) is 47.6 Å². The molecule has 6 nitrogen and oxygen atoms in total. The van der Waals surface area contributed by atoms with Gasteiger partial charge in [-0.25, -0.2) is 9.59 Å². The van der Waals surface area contributed by atoms with Crippen molar-refractivity contribution in [2.75, 3.05) is 13.2 Å². The fourth-order valence-corrected chi connectivity index (χ4v) is 3.13. The number of esters is 2. The number of carbonyl (C=O) groups is 2. The van der Waals surface area contributed by atoms with Crippen LogP contribution in [0.1, 0.15) is 45.1 Å². The van der Waals surface area contributed by atoms with Crippen molar-refractivity contribution in [3.8, 4) is 5.75 Å². The summed E-state index contributed by atoms with van der Waals surface area (Å²) in [5.41, 5.74) is 1.56. The number of benzene rings is 1. The number of rotatable bonds is 8. The number of carbonyl (C=O) groups excluding carboxylic acids is 2. The van der Waals surface area contributed by atoms with E-state index in [9.17, 15) is 19.8 Å². The minimum atomic E-state index is -0.476. The standard InChI is InChI=1S/C23H30O6/c1-16(22(26)28-14-19-7-5-18(13-24)6-8-19)3-4-17(2)23(27)29-15-20-9-11-21(25)12-10-20/h3-4,9-12,18-19,24-25H,5-8,13-15H2,1-2H3. The van der Waals surface area contributed by atoms with Crippen molar-refractivity contribution in [2.24, 2.45) is 11.8 Å². The lowest BCUT2D eigenvalue weighted by molar-refractivity contribution is -0.141. The maximum atomic E-state index is 12.1. The minimum Gasteiger partial charge on any atom is -0.508 e. The fraction of sp³-hybridized carbons (Fsp3) is 0.478. The zero-order valence-electron chi connectivity index (χ0n) is 17.1. The summed E-state index contributed by atoms with van der Waals surface area (Å²) in [5.74, 6) is 0.0145. The van der Waals surface area contributed by atoms with Crippen LogP contribution in [0.4, 0.5) is 0 Å². The zero-order chi connectivity index (χ0) is 21.2. The highest BCUT2D eigenvalue weighted by Gasteiger charge is 2.21. The van der Waals surface area contributed by atoms with Crippen LogP contribution in [0.3, 0.4) is 0 Å². The third kappa shape index (κ3) is 7.74. The molecule has 0 aromatic heterocycles. The summed E-state index contributed by atoms with van der Waals surface area (Å²) in [7, 11) is 0. The van der Waals surface area contributed by atoms with Crippen LogP contribution in [0.25, 0.3) is 0 Å². The molecule has 158 valence electrons. The van der Waals surface area contributed by atoms with E-state index in [4.69, 9.17) is 9.47 Å². The molecule has 1 aromatic carbocycles. The molecule has 0 saturated heterocycles. The number of ether oxygens (including phenoxy) is 2. The van der Waals surface area contributed by atoms with Gasteiger partial charge in [0.1, 0.15) is 12.4 Å². The number of phenolic OH excluding ortho intramolecular Hbond substituents is 1. The third-order valence-electron chi connectivity index (χ3n) is 5.21. The molecule has 2 rings (SSSR count). The van der Waals surface area contributed by atoms with E-state index in [2.05, 4.69) is 0 Å². The number of hydrogen-bond acceptors (Lipinski definition) is 6. The van der Waals surface area contributed by atoms with Crippen LogP contribution in [-0.4, -0.2) is 35.4 Å². The summed E-state index contributed by atoms with van der Waals surface area (Å²) in [4.78, 5) is 24.2. The average molecular weight is 402 g/mol. The second kappa shape index (κ2) is 11.4. The van der Waals surface area contributed by atoms with E-state index >= 15 is 0 Å². The average Bonchev–Trinajstić information content (AvgIpc) is 2.75. The van der Waals surface area contributed by atoms with Gasteiger partial charge in [-0.05, 0) is 69.1 Å². The lowest BCUT2D eigenvalue weighted by atomic mass is 9.83. The number of phenols is 1. The van der Waals surface area contributed by atoms with Crippen molar-refractivity contribution in [3.05, 3.63) is 53.1 Å². The van der Waals surface area contributed by atoms with Gasteiger partial charge in [-0.15, -0.1) is 0 Å². The normalized spacial score (nSPS) is 20.2. The highest BCUT2D eigenvalue weighted by molar-refractivity contribution is 5.90. The highest BCUT2D eigenvalue weighted by Crippen LogP contribution is 2.28. The Kier molecular flexibility index (Phi) is 8.93. The van der Waals surface area contributed by atoms with Gasteiger partial charge in [0.05, 0.1) is 6.61 Å². The van der Waals surface area contributed by atoms with Crippen molar-refractivity contribution < 1.29 is 29.3 Å². The first kappa shape index (κ1) is 22.7. The molecule has 0 atom stereocenters. The Balaban J connectivity index is 1.76. The Labute approximate surface area is 171 Å². The molecule has 2 N–H and O–H groups in total. The van der Waals surface area contributed by atoms with E-state index in [1.807, 2.05) is 0 Å². The van der Waals surface area contributed by atoms with Gasteiger partial charge in [0.25, 0.3) is 0 Å². The van der Waals surface area contributed by atoms with Crippen molar-refractivity contribution in [3.63, 3.8) is 0 Å². The van der Waals surface area contributed by atoms with Crippen molar-refractivity contribution in [2.45, 2.75) is 46.1 Å². The molecule has 1 fully saturated rings. The van der Waals surface area contributed by atoms with Crippen molar-refractivity contribution in [1.82, 2.24) is 0 Å². The van der Waals surface area contributed by atoms with E-state index in [1.54, 1.807) is 38.1 Å². The van der Waals surface area contributed by atoms with E-state index in [-0.39, 0.29) is 19.0 Å². The molecule has 1 aromatic rings. The van der Waals surface area contributed by atoms with E-state index < -0.39 is 11.9 Å². The first-order chi connectivity index (χ1) is 13.9. The fourth-order valence-electron chi connectivity index (χ4n) is 3.13. The van der Waals surface area contributed by atoms with Gasteiger partial charge in [-0.3, -0.25) is 0 Å². The second-order valence-electron chi connectivity index (χ2n) is 7.61. The predicted octanol–water partition coefficient (Wildman–Crippen LogP) is 3.67. The van der Waals surface area contributed by atoms with Gasteiger partial charge in [-0.1, -0.05) is 24.3 Å². The lowest BCUT2D eigenvalue weighted by Gasteiger charge is -2.26. The molecule has 1 saturated carbocycles. The topological polar surface area (TPSA) is 93.1 Å². The van der Waals surface area contributed by atoms with Gasteiger partial charge in [0.2, 0.25) is 0 Å². The molecule has 29 heavy (non-hydrogen) atoms. The van der Waals surface area contributed by atoms with E-state index in [0.717, 1.165) is 31.2 Å². The van der Waals surface area contributed by atoms with Crippen LogP contribution in [0.2, 0.25) is 0 Å². The van der Waals surface area contributed by atoms with Crippen molar-refractivity contribution >= 4 is 11.9 Å². The predicted molar refractivity (Wildman–Crippen MR) is 109 cm³/mol. The quantitative estimate of drug-likeness (QED) is 0.392. The maximum absolute atomic E-state index is 12.1. The van der Waals surface area contributed by atoms with Crippen LogP contribution >= 0.6 is 0 Å². The molecule has 0 bridgehead atoms. The zero-order valence-corrected chi connectivity index (χ0v) is 17.1. The summed E-state index contributed by atoms with van der Waals surface area (Å²) in [6.07, 6.45) is 6.98. The van der Waals surface area contributed by atoms with Gasteiger partial charge in [-0.2, -0.15) is 0 Å². The molecule has 0 heterocycles. The van der Waals surface area contributed by atoms with Crippen LogP contribution in [-0.2, 0) is 25.7 Å². The molecule has 0 unspecified atom stereocenters. The van der Waals surface area contributed by atoms with Crippen molar-refractivity contribution in [1.29, 1.82) is 0 Å². The van der Waals surface area contributed by atoms with Crippen LogP contribution in [0.5, 0.6) is 5.75 Å². The van der Waals surface area contributed by atoms with Gasteiger partial charge < -0.3 is 19.7 Å².